The molecule has 0 saturated carbocycles. The molecule has 0 atom stereocenters. The van der Waals surface area contributed by atoms with E-state index >= 15 is 0 Å². The molecule has 104 valence electrons. The third kappa shape index (κ3) is 3.98. The van der Waals surface area contributed by atoms with Crippen LogP contribution in [0.15, 0.2) is 11.4 Å². The molecule has 0 aliphatic heterocycles. The number of hydrogen-bond donors (Lipinski definition) is 2. The van der Waals surface area contributed by atoms with Crippen LogP contribution >= 0.6 is 23.1 Å². The van der Waals surface area contributed by atoms with E-state index < -0.39 is 0 Å². The highest BCUT2D eigenvalue weighted by atomic mass is 32.2. The van der Waals surface area contributed by atoms with E-state index in [4.69, 9.17) is 0 Å². The van der Waals surface area contributed by atoms with Gasteiger partial charge in [0.2, 0.25) is 5.95 Å². The number of thioether (sulfide) groups is 1. The van der Waals surface area contributed by atoms with Crippen LogP contribution in [0.4, 0.5) is 11.8 Å². The molecule has 0 unspecified atom stereocenters. The Labute approximate surface area is 122 Å². The van der Waals surface area contributed by atoms with Gasteiger partial charge < -0.3 is 10.6 Å². The fraction of sp³-hybridized carbons (Fsp3) is 0.538. The van der Waals surface area contributed by atoms with E-state index in [2.05, 4.69) is 45.2 Å². The number of nitrogens with zero attached hydrogens (tertiary/aromatic N) is 2. The minimum absolute atomic E-state index is 0.712. The molecule has 0 radical (unpaired) electrons. The van der Waals surface area contributed by atoms with Crippen molar-refractivity contribution >= 4 is 45.1 Å². The Bertz CT molecular complexity index is 512. The van der Waals surface area contributed by atoms with Gasteiger partial charge in [0.15, 0.2) is 0 Å². The highest BCUT2D eigenvalue weighted by molar-refractivity contribution is 7.98. The number of nitrogens with one attached hydrogen (secondary N) is 2. The zero-order valence-electron chi connectivity index (χ0n) is 11.4. The number of thiophene rings is 1. The van der Waals surface area contributed by atoms with Gasteiger partial charge in [-0.25, -0.2) is 4.98 Å². The highest BCUT2D eigenvalue weighted by Crippen LogP contribution is 2.26. The minimum Gasteiger partial charge on any atom is -0.369 e. The van der Waals surface area contributed by atoms with E-state index in [0.29, 0.717) is 5.95 Å². The van der Waals surface area contributed by atoms with Crippen LogP contribution in [-0.2, 0) is 0 Å². The molecule has 0 amide bonds. The fourth-order valence-corrected chi connectivity index (χ4v) is 3.06. The summed E-state index contributed by atoms with van der Waals surface area (Å²) in [4.78, 5) is 10.1. The van der Waals surface area contributed by atoms with Crippen LogP contribution in [0.2, 0.25) is 0 Å². The van der Waals surface area contributed by atoms with Gasteiger partial charge in [0.05, 0.1) is 5.39 Å². The predicted octanol–water partition coefficient (Wildman–Crippen LogP) is 3.68. The molecule has 0 aliphatic rings. The van der Waals surface area contributed by atoms with Gasteiger partial charge in [-0.3, -0.25) is 0 Å². The molecule has 0 saturated heterocycles. The molecule has 4 nitrogen and oxygen atoms in total. The topological polar surface area (TPSA) is 49.8 Å². The summed E-state index contributed by atoms with van der Waals surface area (Å²) < 4.78 is 0. The van der Waals surface area contributed by atoms with Crippen molar-refractivity contribution in [1.82, 2.24) is 9.97 Å². The molecule has 2 aromatic heterocycles. The normalized spacial score (nSPS) is 10.8. The molecular formula is C13H20N4S2. The smallest absolute Gasteiger partial charge is 0.226 e. The lowest BCUT2D eigenvalue weighted by molar-refractivity contribution is 0.840. The van der Waals surface area contributed by atoms with E-state index in [-0.39, 0.29) is 0 Å². The van der Waals surface area contributed by atoms with Crippen LogP contribution in [0, 0.1) is 0 Å². The zero-order chi connectivity index (χ0) is 13.5. The maximum absolute atomic E-state index is 4.55. The third-order valence-corrected chi connectivity index (χ3v) is 4.23. The van der Waals surface area contributed by atoms with Gasteiger partial charge in [-0.05, 0) is 43.2 Å². The quantitative estimate of drug-likeness (QED) is 0.728. The summed E-state index contributed by atoms with van der Waals surface area (Å²) in [6, 6.07) is 2.08. The minimum atomic E-state index is 0.712. The van der Waals surface area contributed by atoms with E-state index in [1.54, 1.807) is 11.3 Å². The summed E-state index contributed by atoms with van der Waals surface area (Å²) in [7, 11) is 0. The molecule has 2 heterocycles. The first-order valence-corrected chi connectivity index (χ1v) is 8.84. The molecule has 0 bridgehead atoms. The number of aromatic nitrogens is 2. The van der Waals surface area contributed by atoms with Crippen molar-refractivity contribution in [2.45, 2.75) is 19.8 Å². The monoisotopic (exact) mass is 296 g/mol. The lowest BCUT2D eigenvalue weighted by Crippen LogP contribution is -2.08. The van der Waals surface area contributed by atoms with Crippen molar-refractivity contribution in [1.29, 1.82) is 0 Å². The Balaban J connectivity index is 2.04. The molecular weight excluding hydrogens is 276 g/mol. The second-order valence-corrected chi connectivity index (χ2v) is 6.07. The second kappa shape index (κ2) is 7.55. The van der Waals surface area contributed by atoms with Crippen molar-refractivity contribution in [2.24, 2.45) is 0 Å². The lowest BCUT2D eigenvalue weighted by Gasteiger charge is -2.09. The number of rotatable bonds is 8. The second-order valence-electron chi connectivity index (χ2n) is 4.19. The van der Waals surface area contributed by atoms with Crippen molar-refractivity contribution in [3.8, 4) is 0 Å². The van der Waals surface area contributed by atoms with Crippen LogP contribution in [0.3, 0.4) is 0 Å². The van der Waals surface area contributed by atoms with Crippen LogP contribution in [0.25, 0.3) is 10.2 Å². The predicted molar refractivity (Wildman–Crippen MR) is 87.7 cm³/mol. The summed E-state index contributed by atoms with van der Waals surface area (Å²) in [6.45, 7) is 3.86. The molecule has 2 aromatic rings. The molecule has 2 N–H and O–H groups in total. The summed E-state index contributed by atoms with van der Waals surface area (Å²) >= 11 is 3.55. The SMILES string of the molecule is CCNc1nc(NCCCCSC)c2ccsc2n1. The van der Waals surface area contributed by atoms with Crippen LogP contribution in [0.1, 0.15) is 19.8 Å². The first kappa shape index (κ1) is 14.4. The summed E-state index contributed by atoms with van der Waals surface area (Å²) in [5.74, 6) is 2.89. The zero-order valence-corrected chi connectivity index (χ0v) is 13.0. The number of hydrogen-bond acceptors (Lipinski definition) is 6. The molecule has 6 heteroatoms. The van der Waals surface area contributed by atoms with E-state index in [9.17, 15) is 0 Å². The van der Waals surface area contributed by atoms with E-state index in [0.717, 1.165) is 29.1 Å². The number of anilines is 2. The highest BCUT2D eigenvalue weighted by Gasteiger charge is 2.07. The maximum Gasteiger partial charge on any atom is 0.226 e. The van der Waals surface area contributed by atoms with Crippen molar-refractivity contribution < 1.29 is 0 Å². The van der Waals surface area contributed by atoms with Crippen molar-refractivity contribution in [2.75, 3.05) is 35.7 Å². The third-order valence-electron chi connectivity index (χ3n) is 2.73. The summed E-state index contributed by atoms with van der Waals surface area (Å²) in [5, 5.41) is 9.80. The van der Waals surface area contributed by atoms with Crippen LogP contribution < -0.4 is 10.6 Å². The number of unbranched alkanes of at least 4 members (excludes halogenated alkanes) is 1. The molecule has 2 rings (SSSR count). The first-order chi connectivity index (χ1) is 9.35. The molecule has 0 fully saturated rings. The molecule has 0 aromatic carbocycles. The standard InChI is InChI=1S/C13H20N4S2/c1-3-14-13-16-11(15-7-4-5-8-18-2)10-6-9-19-12(10)17-13/h6,9H,3-5,7-8H2,1-2H3,(H2,14,15,16,17). The average molecular weight is 296 g/mol. The van der Waals surface area contributed by atoms with Gasteiger partial charge in [0, 0.05) is 13.1 Å². The van der Waals surface area contributed by atoms with Gasteiger partial charge in [0.1, 0.15) is 10.6 Å². The van der Waals surface area contributed by atoms with Gasteiger partial charge in [-0.1, -0.05) is 0 Å². The van der Waals surface area contributed by atoms with Gasteiger partial charge >= 0.3 is 0 Å². The Hall–Kier alpha value is -1.01. The van der Waals surface area contributed by atoms with E-state index in [1.165, 1.54) is 18.6 Å². The Morgan fingerprint density at radius 1 is 1.26 bits per heavy atom. The average Bonchev–Trinajstić information content (AvgIpc) is 2.87. The van der Waals surface area contributed by atoms with Gasteiger partial charge in [-0.2, -0.15) is 16.7 Å². The van der Waals surface area contributed by atoms with Crippen LogP contribution in [-0.4, -0.2) is 35.1 Å². The van der Waals surface area contributed by atoms with Gasteiger partial charge in [-0.15, -0.1) is 11.3 Å². The van der Waals surface area contributed by atoms with Crippen molar-refractivity contribution in [3.63, 3.8) is 0 Å². The molecule has 0 spiro atoms. The van der Waals surface area contributed by atoms with Crippen LogP contribution in [0.5, 0.6) is 0 Å². The number of fused-ring (bicyclic) bond motifs is 1. The maximum atomic E-state index is 4.55. The first-order valence-electron chi connectivity index (χ1n) is 6.57. The Morgan fingerprint density at radius 3 is 2.95 bits per heavy atom. The Kier molecular flexibility index (Phi) is 5.72. The van der Waals surface area contributed by atoms with Crippen molar-refractivity contribution in [3.05, 3.63) is 11.4 Å². The van der Waals surface area contributed by atoms with E-state index in [1.807, 2.05) is 11.8 Å². The summed E-state index contributed by atoms with van der Waals surface area (Å²) in [6.07, 6.45) is 4.56. The Morgan fingerprint density at radius 2 is 2.16 bits per heavy atom. The largest absolute Gasteiger partial charge is 0.369 e. The molecule has 19 heavy (non-hydrogen) atoms. The lowest BCUT2D eigenvalue weighted by atomic mass is 10.3. The molecule has 0 aliphatic carbocycles. The fourth-order valence-electron chi connectivity index (χ4n) is 1.81. The van der Waals surface area contributed by atoms with Gasteiger partial charge in [0.25, 0.3) is 0 Å². The summed E-state index contributed by atoms with van der Waals surface area (Å²) in [5.41, 5.74) is 0.